The number of aromatic nitrogens is 7. The first kappa shape index (κ1) is 23.3. The molecule has 0 unspecified atom stereocenters. The number of carbonyl (C=O) groups is 1. The molecule has 0 amide bonds. The summed E-state index contributed by atoms with van der Waals surface area (Å²) in [7, 11) is 0. The summed E-state index contributed by atoms with van der Waals surface area (Å²) in [5.74, 6) is -0.974. The second kappa shape index (κ2) is 9.86. The molecule has 1 aromatic carbocycles. The zero-order valence-corrected chi connectivity index (χ0v) is 17.0. The van der Waals surface area contributed by atoms with E-state index < -0.39 is 12.1 Å². The minimum absolute atomic E-state index is 0.0617. The van der Waals surface area contributed by atoms with Gasteiger partial charge in [-0.1, -0.05) is 0 Å². The van der Waals surface area contributed by atoms with Crippen LogP contribution in [0.5, 0.6) is 0 Å². The predicted octanol–water partition coefficient (Wildman–Crippen LogP) is 2.42. The van der Waals surface area contributed by atoms with Crippen LogP contribution in [0.1, 0.15) is 11.4 Å². The average Bonchev–Trinajstić information content (AvgIpc) is 3.43. The number of benzene rings is 1. The van der Waals surface area contributed by atoms with E-state index in [2.05, 4.69) is 30.5 Å². The molecule has 3 aromatic heterocycles. The number of hydrogen-bond donors (Lipinski definition) is 3. The van der Waals surface area contributed by atoms with E-state index in [9.17, 15) is 13.2 Å². The Labute approximate surface area is 184 Å². The van der Waals surface area contributed by atoms with Crippen LogP contribution in [0.4, 0.5) is 24.8 Å². The zero-order valence-electron chi connectivity index (χ0n) is 17.0. The van der Waals surface area contributed by atoms with E-state index in [1.807, 2.05) is 31.2 Å². The lowest BCUT2D eigenvalue weighted by molar-refractivity contribution is -0.192. The lowest BCUT2D eigenvalue weighted by atomic mass is 10.3. The second-order valence-corrected chi connectivity index (χ2v) is 6.40. The van der Waals surface area contributed by atoms with E-state index >= 15 is 0 Å². The maximum Gasteiger partial charge on any atom is 0.490 e. The number of nitrogens with one attached hydrogen (secondary N) is 1. The number of aryl methyl sites for hydroxylation is 1. The summed E-state index contributed by atoms with van der Waals surface area (Å²) in [6.45, 7) is 1.79. The van der Waals surface area contributed by atoms with E-state index in [-0.39, 0.29) is 6.61 Å². The summed E-state index contributed by atoms with van der Waals surface area (Å²) in [6, 6.07) is 9.44. The Morgan fingerprint density at radius 1 is 1.12 bits per heavy atom. The van der Waals surface area contributed by atoms with Gasteiger partial charge in [0.25, 0.3) is 0 Å². The third-order valence-electron chi connectivity index (χ3n) is 3.93. The Balaban J connectivity index is 0.000000383. The molecule has 4 rings (SSSR count). The molecule has 3 N–H and O–H groups in total. The Bertz CT molecular complexity index is 1220. The van der Waals surface area contributed by atoms with E-state index in [1.165, 1.54) is 0 Å². The Morgan fingerprint density at radius 2 is 1.82 bits per heavy atom. The number of carboxylic acids is 1. The van der Waals surface area contributed by atoms with Crippen molar-refractivity contribution in [1.82, 2.24) is 34.5 Å². The first-order valence-corrected chi connectivity index (χ1v) is 9.19. The summed E-state index contributed by atoms with van der Waals surface area (Å²) < 4.78 is 35.0. The summed E-state index contributed by atoms with van der Waals surface area (Å²) in [4.78, 5) is 21.7. The number of aliphatic hydroxyl groups is 1. The molecule has 0 saturated carbocycles. The highest BCUT2D eigenvalue weighted by Gasteiger charge is 2.38. The van der Waals surface area contributed by atoms with Crippen LogP contribution in [0.3, 0.4) is 0 Å². The summed E-state index contributed by atoms with van der Waals surface area (Å²) in [5.41, 5.74) is 2.48. The van der Waals surface area contributed by atoms with Gasteiger partial charge in [-0.3, -0.25) is 0 Å². The van der Waals surface area contributed by atoms with Gasteiger partial charge in [-0.05, 0) is 31.2 Å². The van der Waals surface area contributed by atoms with Crippen molar-refractivity contribution in [1.29, 1.82) is 0 Å². The molecule has 14 heteroatoms. The van der Waals surface area contributed by atoms with Gasteiger partial charge in [-0.2, -0.15) is 28.4 Å². The van der Waals surface area contributed by atoms with E-state index in [0.29, 0.717) is 11.8 Å². The molecule has 0 aliphatic carbocycles. The topological polar surface area (TPSA) is 144 Å². The number of halogens is 3. The summed E-state index contributed by atoms with van der Waals surface area (Å²) >= 11 is 0. The minimum atomic E-state index is -5.08. The molecule has 0 saturated heterocycles. The molecular weight excluding hydrogens is 445 g/mol. The van der Waals surface area contributed by atoms with Crippen LogP contribution in [0.15, 0.2) is 55.2 Å². The third-order valence-corrected chi connectivity index (χ3v) is 3.93. The maximum absolute atomic E-state index is 10.6. The van der Waals surface area contributed by atoms with Gasteiger partial charge in [0.1, 0.15) is 12.2 Å². The molecular formula is C19H17F3N8O3. The van der Waals surface area contributed by atoms with Crippen molar-refractivity contribution in [3.8, 4) is 11.5 Å². The number of aliphatic hydroxyl groups excluding tert-OH is 1. The normalized spacial score (nSPS) is 10.9. The number of carboxylic acid groups (broad SMARTS) is 1. The minimum Gasteiger partial charge on any atom is -0.475 e. The van der Waals surface area contributed by atoms with E-state index in [0.717, 1.165) is 22.8 Å². The van der Waals surface area contributed by atoms with Crippen LogP contribution in [-0.2, 0) is 11.4 Å². The number of anilines is 2. The lowest BCUT2D eigenvalue weighted by Crippen LogP contribution is -2.21. The summed E-state index contributed by atoms with van der Waals surface area (Å²) in [5, 5.41) is 27.9. The second-order valence-electron chi connectivity index (χ2n) is 6.40. The SMILES string of the molecule is Cc1ncn(-c2ccc(Nc3nccc(-n4cc(CO)cn4)n3)cc2)n1.O=C(O)C(F)(F)F. The Morgan fingerprint density at radius 3 is 2.36 bits per heavy atom. The number of nitrogens with zero attached hydrogens (tertiary/aromatic N) is 7. The average molecular weight is 462 g/mol. The largest absolute Gasteiger partial charge is 0.490 e. The molecule has 172 valence electrons. The lowest BCUT2D eigenvalue weighted by Gasteiger charge is -2.07. The van der Waals surface area contributed by atoms with Crippen molar-refractivity contribution in [3.63, 3.8) is 0 Å². The molecule has 0 fully saturated rings. The van der Waals surface area contributed by atoms with Gasteiger partial charge >= 0.3 is 12.1 Å². The van der Waals surface area contributed by atoms with Crippen molar-refractivity contribution in [3.05, 3.63) is 66.6 Å². The van der Waals surface area contributed by atoms with Crippen molar-refractivity contribution in [2.45, 2.75) is 19.7 Å². The van der Waals surface area contributed by atoms with E-state index in [4.69, 9.17) is 15.0 Å². The zero-order chi connectivity index (χ0) is 24.0. The molecule has 11 nitrogen and oxygen atoms in total. The highest BCUT2D eigenvalue weighted by Crippen LogP contribution is 2.17. The molecule has 0 aliphatic heterocycles. The number of aliphatic carboxylic acids is 1. The quantitative estimate of drug-likeness (QED) is 0.407. The summed E-state index contributed by atoms with van der Waals surface area (Å²) in [6.07, 6.45) is 1.56. The van der Waals surface area contributed by atoms with Gasteiger partial charge in [0.2, 0.25) is 5.95 Å². The number of hydrogen-bond acceptors (Lipinski definition) is 8. The first-order valence-electron chi connectivity index (χ1n) is 9.19. The molecule has 4 aromatic rings. The monoisotopic (exact) mass is 462 g/mol. The van der Waals surface area contributed by atoms with Gasteiger partial charge in [0, 0.05) is 29.7 Å². The molecule has 0 radical (unpaired) electrons. The Hall–Kier alpha value is -4.33. The van der Waals surface area contributed by atoms with Gasteiger partial charge in [-0.15, -0.1) is 0 Å². The molecule has 0 bridgehead atoms. The van der Waals surface area contributed by atoms with Gasteiger partial charge in [0.05, 0.1) is 18.5 Å². The third kappa shape index (κ3) is 6.33. The van der Waals surface area contributed by atoms with Gasteiger partial charge in [-0.25, -0.2) is 24.1 Å². The number of alkyl halides is 3. The van der Waals surface area contributed by atoms with Crippen LogP contribution in [0.25, 0.3) is 11.5 Å². The standard InChI is InChI=1S/C17H16N8O.C2HF3O2/c1-12-19-11-25(23-12)15-4-2-14(3-5-15)21-17-18-7-6-16(22-17)24-9-13(10-26)8-20-24;3-2(4,5)1(6)7/h2-9,11,26H,10H2,1H3,(H,18,21,22);(H,6,7). The van der Waals surface area contributed by atoms with E-state index in [1.54, 1.807) is 40.3 Å². The highest BCUT2D eigenvalue weighted by molar-refractivity contribution is 5.73. The van der Waals surface area contributed by atoms with Gasteiger partial charge < -0.3 is 15.5 Å². The van der Waals surface area contributed by atoms with Crippen LogP contribution >= 0.6 is 0 Å². The van der Waals surface area contributed by atoms with Crippen LogP contribution in [0, 0.1) is 6.92 Å². The predicted molar refractivity (Wildman–Crippen MR) is 108 cm³/mol. The smallest absolute Gasteiger partial charge is 0.475 e. The Kier molecular flexibility index (Phi) is 6.97. The van der Waals surface area contributed by atoms with Crippen molar-refractivity contribution < 1.29 is 28.2 Å². The van der Waals surface area contributed by atoms with Crippen molar-refractivity contribution in [2.75, 3.05) is 5.32 Å². The van der Waals surface area contributed by atoms with Crippen LogP contribution in [-0.4, -0.2) is 56.9 Å². The number of rotatable bonds is 5. The fourth-order valence-corrected chi connectivity index (χ4v) is 2.40. The fourth-order valence-electron chi connectivity index (χ4n) is 2.40. The molecule has 33 heavy (non-hydrogen) atoms. The molecule has 0 spiro atoms. The van der Waals surface area contributed by atoms with Crippen molar-refractivity contribution >= 4 is 17.6 Å². The molecule has 3 heterocycles. The molecule has 0 aliphatic rings. The first-order chi connectivity index (χ1) is 15.7. The van der Waals surface area contributed by atoms with Crippen molar-refractivity contribution in [2.24, 2.45) is 0 Å². The fraction of sp³-hybridized carbons (Fsp3) is 0.158. The van der Waals surface area contributed by atoms with Crippen LogP contribution < -0.4 is 5.32 Å². The van der Waals surface area contributed by atoms with Gasteiger partial charge in [0.15, 0.2) is 5.82 Å². The maximum atomic E-state index is 10.6. The molecule has 0 atom stereocenters. The highest BCUT2D eigenvalue weighted by atomic mass is 19.4. The van der Waals surface area contributed by atoms with Crippen LogP contribution in [0.2, 0.25) is 0 Å².